The molecule has 0 saturated carbocycles. The molecule has 0 aliphatic rings. The third kappa shape index (κ3) is 5.19. The van der Waals surface area contributed by atoms with Crippen molar-refractivity contribution in [3.05, 3.63) is 81.8 Å². The molecule has 2 aromatic carbocycles. The van der Waals surface area contributed by atoms with Gasteiger partial charge in [-0.25, -0.2) is 4.98 Å². The summed E-state index contributed by atoms with van der Waals surface area (Å²) in [6.45, 7) is 3.27. The van der Waals surface area contributed by atoms with E-state index in [0.717, 1.165) is 11.1 Å². The van der Waals surface area contributed by atoms with Crippen LogP contribution in [0, 0.1) is 6.92 Å². The van der Waals surface area contributed by atoms with E-state index in [2.05, 4.69) is 10.3 Å². The number of aliphatic hydroxyl groups excluding tert-OH is 1. The first-order valence-electron chi connectivity index (χ1n) is 10.1. The summed E-state index contributed by atoms with van der Waals surface area (Å²) in [5.74, 6) is 0.821. The average molecular weight is 421 g/mol. The maximum atomic E-state index is 13.2. The van der Waals surface area contributed by atoms with Crippen LogP contribution in [0.3, 0.4) is 0 Å². The summed E-state index contributed by atoms with van der Waals surface area (Å²) in [6.07, 6.45) is 0.189. The van der Waals surface area contributed by atoms with Crippen LogP contribution in [-0.4, -0.2) is 34.3 Å². The van der Waals surface area contributed by atoms with E-state index in [1.54, 1.807) is 14.0 Å². The maximum Gasteiger partial charge on any atom is 0.257 e. The topological polar surface area (TPSA) is 93.4 Å². The molecule has 0 aliphatic heterocycles. The van der Waals surface area contributed by atoms with Crippen molar-refractivity contribution >= 4 is 5.91 Å². The van der Waals surface area contributed by atoms with Crippen LogP contribution in [0.1, 0.15) is 29.8 Å². The molecular formula is C24H27N3O4. The van der Waals surface area contributed by atoms with E-state index in [9.17, 15) is 14.7 Å². The van der Waals surface area contributed by atoms with E-state index in [4.69, 9.17) is 4.74 Å². The molecule has 0 aliphatic carbocycles. The Bertz CT molecular complexity index is 1110. The van der Waals surface area contributed by atoms with Crippen LogP contribution in [0.4, 0.5) is 0 Å². The van der Waals surface area contributed by atoms with Crippen molar-refractivity contribution in [2.45, 2.75) is 32.9 Å². The zero-order valence-electron chi connectivity index (χ0n) is 18.0. The number of nitrogens with one attached hydrogen (secondary N) is 1. The van der Waals surface area contributed by atoms with E-state index in [1.165, 1.54) is 4.57 Å². The van der Waals surface area contributed by atoms with Gasteiger partial charge in [0.15, 0.2) is 0 Å². The number of carbonyl (C=O) groups excluding carboxylic acids is 1. The van der Waals surface area contributed by atoms with Gasteiger partial charge in [0.05, 0.1) is 13.2 Å². The molecule has 1 heterocycles. The third-order valence-electron chi connectivity index (χ3n) is 5.14. The summed E-state index contributed by atoms with van der Waals surface area (Å²) < 4.78 is 6.62. The van der Waals surface area contributed by atoms with Crippen molar-refractivity contribution in [1.82, 2.24) is 14.9 Å². The number of ether oxygens (including phenoxy) is 1. The molecule has 31 heavy (non-hydrogen) atoms. The number of carbonyl (C=O) groups is 1. The number of hydrogen-bond acceptors (Lipinski definition) is 5. The molecule has 0 fully saturated rings. The van der Waals surface area contributed by atoms with Crippen molar-refractivity contribution in [2.24, 2.45) is 0 Å². The van der Waals surface area contributed by atoms with Crippen LogP contribution < -0.4 is 15.6 Å². The molecule has 1 atom stereocenters. The lowest BCUT2D eigenvalue weighted by Crippen LogP contribution is -2.36. The molecular weight excluding hydrogens is 394 g/mol. The Balaban J connectivity index is 1.92. The van der Waals surface area contributed by atoms with Gasteiger partial charge in [0.25, 0.3) is 5.56 Å². The largest absolute Gasteiger partial charge is 0.497 e. The number of benzene rings is 2. The highest BCUT2D eigenvalue weighted by atomic mass is 16.5. The van der Waals surface area contributed by atoms with Gasteiger partial charge in [0.1, 0.15) is 18.1 Å². The number of methoxy groups -OCH3 is 1. The first-order chi connectivity index (χ1) is 14.9. The second-order valence-electron chi connectivity index (χ2n) is 7.30. The Morgan fingerprint density at radius 2 is 1.94 bits per heavy atom. The number of amides is 1. The molecule has 0 unspecified atom stereocenters. The third-order valence-corrected chi connectivity index (χ3v) is 5.14. The lowest BCUT2D eigenvalue weighted by atomic mass is 10.1. The summed E-state index contributed by atoms with van der Waals surface area (Å²) in [7, 11) is 1.59. The van der Waals surface area contributed by atoms with Gasteiger partial charge in [-0.3, -0.25) is 14.2 Å². The molecule has 0 saturated heterocycles. The summed E-state index contributed by atoms with van der Waals surface area (Å²) in [6, 6.07) is 16.5. The summed E-state index contributed by atoms with van der Waals surface area (Å²) in [5, 5.41) is 12.3. The Morgan fingerprint density at radius 1 is 1.19 bits per heavy atom. The molecule has 1 amide bonds. The van der Waals surface area contributed by atoms with Gasteiger partial charge in [0, 0.05) is 29.8 Å². The predicted molar refractivity (Wildman–Crippen MR) is 119 cm³/mol. The van der Waals surface area contributed by atoms with Crippen LogP contribution in [0.25, 0.3) is 11.4 Å². The van der Waals surface area contributed by atoms with Gasteiger partial charge in [0.2, 0.25) is 5.91 Å². The lowest BCUT2D eigenvalue weighted by Gasteiger charge is -2.18. The molecule has 1 aromatic heterocycles. The van der Waals surface area contributed by atoms with Crippen LogP contribution in [0.2, 0.25) is 0 Å². The van der Waals surface area contributed by atoms with Crippen molar-refractivity contribution in [3.8, 4) is 17.1 Å². The first-order valence-corrected chi connectivity index (χ1v) is 10.1. The number of aliphatic hydroxyl groups is 1. The zero-order valence-corrected chi connectivity index (χ0v) is 18.0. The molecule has 162 valence electrons. The number of aromatic nitrogens is 2. The van der Waals surface area contributed by atoms with Gasteiger partial charge in [-0.05, 0) is 31.5 Å². The standard InChI is InChI=1S/C24H27N3O4/c1-16(19-10-7-11-20(14-19)31-3)25-22(29)15-27-23(18-8-5-4-6-9-18)26-17(2)21(12-13-28)24(27)30/h4-11,14,16,28H,12-13,15H2,1-3H3,(H,25,29)/t16-/m0/s1. The highest BCUT2D eigenvalue weighted by Crippen LogP contribution is 2.20. The van der Waals surface area contributed by atoms with Crippen LogP contribution >= 0.6 is 0 Å². The number of aryl methyl sites for hydroxylation is 1. The number of rotatable bonds is 8. The summed E-state index contributed by atoms with van der Waals surface area (Å²) >= 11 is 0. The minimum absolute atomic E-state index is 0.165. The number of hydrogen-bond donors (Lipinski definition) is 2. The van der Waals surface area contributed by atoms with Gasteiger partial charge in [-0.1, -0.05) is 42.5 Å². The fraction of sp³-hybridized carbons (Fsp3) is 0.292. The molecule has 0 bridgehead atoms. The van der Waals surface area contributed by atoms with Crippen LogP contribution in [0.5, 0.6) is 5.75 Å². The molecule has 2 N–H and O–H groups in total. The van der Waals surface area contributed by atoms with E-state index in [0.29, 0.717) is 22.8 Å². The second kappa shape index (κ2) is 10.0. The van der Waals surface area contributed by atoms with Crippen molar-refractivity contribution < 1.29 is 14.6 Å². The molecule has 3 rings (SSSR count). The minimum Gasteiger partial charge on any atom is -0.497 e. The predicted octanol–water partition coefficient (Wildman–Crippen LogP) is 2.64. The highest BCUT2D eigenvalue weighted by Gasteiger charge is 2.19. The maximum absolute atomic E-state index is 13.2. The van der Waals surface area contributed by atoms with E-state index in [-0.39, 0.29) is 37.1 Å². The van der Waals surface area contributed by atoms with E-state index >= 15 is 0 Å². The molecule has 0 spiro atoms. The monoisotopic (exact) mass is 421 g/mol. The van der Waals surface area contributed by atoms with Gasteiger partial charge < -0.3 is 15.2 Å². The molecule has 7 nitrogen and oxygen atoms in total. The van der Waals surface area contributed by atoms with Gasteiger partial charge in [-0.15, -0.1) is 0 Å². The SMILES string of the molecule is COc1cccc([C@H](C)NC(=O)Cn2c(-c3ccccc3)nc(C)c(CCO)c2=O)c1. The summed E-state index contributed by atoms with van der Waals surface area (Å²) in [4.78, 5) is 30.6. The van der Waals surface area contributed by atoms with Gasteiger partial charge >= 0.3 is 0 Å². The lowest BCUT2D eigenvalue weighted by molar-refractivity contribution is -0.122. The van der Waals surface area contributed by atoms with Crippen LogP contribution in [-0.2, 0) is 17.8 Å². The quantitative estimate of drug-likeness (QED) is 0.583. The Kier molecular flexibility index (Phi) is 7.20. The first kappa shape index (κ1) is 22.2. The summed E-state index contributed by atoms with van der Waals surface area (Å²) in [5.41, 5.74) is 2.29. The van der Waals surface area contributed by atoms with Crippen molar-refractivity contribution in [1.29, 1.82) is 0 Å². The normalized spacial score (nSPS) is 11.7. The van der Waals surface area contributed by atoms with Crippen molar-refractivity contribution in [2.75, 3.05) is 13.7 Å². The zero-order chi connectivity index (χ0) is 22.4. The van der Waals surface area contributed by atoms with Crippen LogP contribution in [0.15, 0.2) is 59.4 Å². The van der Waals surface area contributed by atoms with Gasteiger partial charge in [-0.2, -0.15) is 0 Å². The average Bonchev–Trinajstić information content (AvgIpc) is 2.79. The van der Waals surface area contributed by atoms with E-state index in [1.807, 2.05) is 61.5 Å². The number of nitrogens with zero attached hydrogens (tertiary/aromatic N) is 2. The highest BCUT2D eigenvalue weighted by molar-refractivity contribution is 5.77. The molecule has 7 heteroatoms. The fourth-order valence-corrected chi connectivity index (χ4v) is 3.48. The van der Waals surface area contributed by atoms with E-state index < -0.39 is 0 Å². The van der Waals surface area contributed by atoms with Crippen molar-refractivity contribution in [3.63, 3.8) is 0 Å². The Hall–Kier alpha value is -3.45. The Morgan fingerprint density at radius 3 is 2.61 bits per heavy atom. The minimum atomic E-state index is -0.315. The molecule has 3 aromatic rings. The smallest absolute Gasteiger partial charge is 0.257 e. The Labute approximate surface area is 181 Å². The molecule has 0 radical (unpaired) electrons. The second-order valence-corrected chi connectivity index (χ2v) is 7.30. The fourth-order valence-electron chi connectivity index (χ4n) is 3.48.